The fraction of sp³-hybridized carbons (Fsp3) is 0.182. The Hall–Kier alpha value is -1.77. The monoisotopic (exact) mass is 191 g/mol. The molecule has 0 aromatic heterocycles. The molecular weight excluding hydrogens is 178 g/mol. The summed E-state index contributed by atoms with van der Waals surface area (Å²) in [6.07, 6.45) is 1.27. The zero-order chi connectivity index (χ0) is 10.6. The number of rotatable bonds is 2. The molecule has 0 spiro atoms. The van der Waals surface area contributed by atoms with Gasteiger partial charge in [-0.25, -0.2) is 4.79 Å². The second-order valence-corrected chi connectivity index (χ2v) is 2.89. The first-order valence-electron chi connectivity index (χ1n) is 4.27. The molecule has 1 rings (SSSR count). The molecule has 0 unspecified atom stereocenters. The van der Waals surface area contributed by atoms with Gasteiger partial charge in [0, 0.05) is 6.20 Å². The Labute approximate surface area is 83.2 Å². The van der Waals surface area contributed by atoms with Gasteiger partial charge in [0.05, 0.1) is 12.7 Å². The first kappa shape index (κ1) is 10.3. The Kier molecular flexibility index (Phi) is 3.29. The maximum atomic E-state index is 11.3. The number of benzene rings is 1. The third kappa shape index (κ3) is 1.93. The van der Waals surface area contributed by atoms with E-state index in [0.29, 0.717) is 5.57 Å². The van der Waals surface area contributed by atoms with E-state index in [0.717, 1.165) is 11.1 Å². The normalized spacial score (nSPS) is 11.1. The lowest BCUT2D eigenvalue weighted by Crippen LogP contribution is -2.07. The molecule has 0 aliphatic heterocycles. The molecule has 0 atom stereocenters. The summed E-state index contributed by atoms with van der Waals surface area (Å²) in [6.45, 7) is 1.92. The smallest absolute Gasteiger partial charge is 0.339 e. The van der Waals surface area contributed by atoms with Crippen molar-refractivity contribution >= 4 is 11.5 Å². The van der Waals surface area contributed by atoms with Crippen LogP contribution in [0.25, 0.3) is 5.57 Å². The van der Waals surface area contributed by atoms with Gasteiger partial charge in [-0.2, -0.15) is 0 Å². The molecule has 0 saturated carbocycles. The van der Waals surface area contributed by atoms with Crippen LogP contribution >= 0.6 is 0 Å². The maximum absolute atomic E-state index is 11.3. The summed E-state index contributed by atoms with van der Waals surface area (Å²) >= 11 is 0. The van der Waals surface area contributed by atoms with E-state index in [-0.39, 0.29) is 0 Å². The van der Waals surface area contributed by atoms with Crippen molar-refractivity contribution in [1.82, 2.24) is 0 Å². The summed E-state index contributed by atoms with van der Waals surface area (Å²) in [7, 11) is 1.34. The molecule has 2 N–H and O–H groups in total. The highest BCUT2D eigenvalue weighted by molar-refractivity contribution is 6.16. The number of hydrogen-bond acceptors (Lipinski definition) is 3. The third-order valence-corrected chi connectivity index (χ3v) is 2.01. The van der Waals surface area contributed by atoms with E-state index < -0.39 is 5.97 Å². The Bertz CT molecular complexity index is 369. The molecular formula is C11H13NO2. The minimum Gasteiger partial charge on any atom is -0.465 e. The van der Waals surface area contributed by atoms with Gasteiger partial charge < -0.3 is 10.5 Å². The van der Waals surface area contributed by atoms with Crippen LogP contribution in [0.3, 0.4) is 0 Å². The fourth-order valence-electron chi connectivity index (χ4n) is 1.25. The van der Waals surface area contributed by atoms with E-state index in [2.05, 4.69) is 4.74 Å². The van der Waals surface area contributed by atoms with Crippen LogP contribution in [-0.2, 0) is 9.53 Å². The van der Waals surface area contributed by atoms with Gasteiger partial charge in [0.1, 0.15) is 0 Å². The topological polar surface area (TPSA) is 52.3 Å². The third-order valence-electron chi connectivity index (χ3n) is 2.01. The standard InChI is InChI=1S/C11H13NO2/c1-8-5-3-4-6-9(8)10(7-12)11(13)14-2/h3-7H,12H2,1-2H3/b10-7+. The molecule has 3 heteroatoms. The molecule has 0 amide bonds. The highest BCUT2D eigenvalue weighted by atomic mass is 16.5. The first-order valence-corrected chi connectivity index (χ1v) is 4.27. The van der Waals surface area contributed by atoms with Crippen LogP contribution in [0.15, 0.2) is 30.5 Å². The lowest BCUT2D eigenvalue weighted by molar-refractivity contribution is -0.133. The van der Waals surface area contributed by atoms with E-state index in [9.17, 15) is 4.79 Å². The van der Waals surface area contributed by atoms with Gasteiger partial charge in [0.15, 0.2) is 0 Å². The van der Waals surface area contributed by atoms with Crippen molar-refractivity contribution in [2.45, 2.75) is 6.92 Å². The number of methoxy groups -OCH3 is 1. The van der Waals surface area contributed by atoms with Crippen LogP contribution in [0.2, 0.25) is 0 Å². The van der Waals surface area contributed by atoms with Gasteiger partial charge in [-0.3, -0.25) is 0 Å². The Morgan fingerprint density at radius 2 is 2.07 bits per heavy atom. The maximum Gasteiger partial charge on any atom is 0.339 e. The molecule has 0 aliphatic carbocycles. The highest BCUT2D eigenvalue weighted by Gasteiger charge is 2.12. The lowest BCUT2D eigenvalue weighted by atomic mass is 10.0. The van der Waals surface area contributed by atoms with Crippen LogP contribution in [0, 0.1) is 6.92 Å². The Balaban J connectivity index is 3.15. The molecule has 1 aromatic carbocycles. The molecule has 3 nitrogen and oxygen atoms in total. The van der Waals surface area contributed by atoms with Gasteiger partial charge >= 0.3 is 5.97 Å². The number of esters is 1. The van der Waals surface area contributed by atoms with E-state index in [1.165, 1.54) is 13.3 Å². The van der Waals surface area contributed by atoms with Crippen molar-refractivity contribution in [3.05, 3.63) is 41.6 Å². The quantitative estimate of drug-likeness (QED) is 0.569. The molecule has 0 bridgehead atoms. The van der Waals surface area contributed by atoms with Crippen molar-refractivity contribution < 1.29 is 9.53 Å². The molecule has 0 aliphatic rings. The predicted molar refractivity (Wildman–Crippen MR) is 55.4 cm³/mol. The molecule has 14 heavy (non-hydrogen) atoms. The van der Waals surface area contributed by atoms with Crippen molar-refractivity contribution in [3.8, 4) is 0 Å². The van der Waals surface area contributed by atoms with Crippen LogP contribution in [-0.4, -0.2) is 13.1 Å². The highest BCUT2D eigenvalue weighted by Crippen LogP contribution is 2.18. The number of nitrogens with two attached hydrogens (primary N) is 1. The van der Waals surface area contributed by atoms with Crippen LogP contribution < -0.4 is 5.73 Å². The summed E-state index contributed by atoms with van der Waals surface area (Å²) in [4.78, 5) is 11.3. The van der Waals surface area contributed by atoms with Gasteiger partial charge in [0.2, 0.25) is 0 Å². The van der Waals surface area contributed by atoms with Crippen molar-refractivity contribution in [2.75, 3.05) is 7.11 Å². The summed E-state index contributed by atoms with van der Waals surface area (Å²) in [5.41, 5.74) is 7.58. The lowest BCUT2D eigenvalue weighted by Gasteiger charge is -2.07. The minimum atomic E-state index is -0.415. The molecule has 0 radical (unpaired) electrons. The number of carbonyl (C=O) groups excluding carboxylic acids is 1. The van der Waals surface area contributed by atoms with Crippen molar-refractivity contribution in [2.24, 2.45) is 5.73 Å². The Morgan fingerprint density at radius 1 is 1.43 bits per heavy atom. The number of hydrogen-bond donors (Lipinski definition) is 1. The number of carbonyl (C=O) groups is 1. The average Bonchev–Trinajstić information content (AvgIpc) is 2.21. The van der Waals surface area contributed by atoms with Crippen LogP contribution in [0.4, 0.5) is 0 Å². The first-order chi connectivity index (χ1) is 6.70. The molecule has 0 fully saturated rings. The SMILES string of the molecule is COC(=O)/C(=C/N)c1ccccc1C. The molecule has 0 saturated heterocycles. The Morgan fingerprint density at radius 3 is 2.57 bits per heavy atom. The van der Waals surface area contributed by atoms with Gasteiger partial charge in [-0.15, -0.1) is 0 Å². The largest absolute Gasteiger partial charge is 0.465 e. The summed E-state index contributed by atoms with van der Waals surface area (Å²) in [6, 6.07) is 7.52. The average molecular weight is 191 g/mol. The van der Waals surface area contributed by atoms with Crippen molar-refractivity contribution in [3.63, 3.8) is 0 Å². The second-order valence-electron chi connectivity index (χ2n) is 2.89. The number of ether oxygens (including phenoxy) is 1. The van der Waals surface area contributed by atoms with Gasteiger partial charge in [0.25, 0.3) is 0 Å². The van der Waals surface area contributed by atoms with E-state index in [1.54, 1.807) is 0 Å². The number of aryl methyl sites for hydroxylation is 1. The summed E-state index contributed by atoms with van der Waals surface area (Å²) < 4.78 is 4.63. The predicted octanol–water partition coefficient (Wildman–Crippen LogP) is 1.47. The van der Waals surface area contributed by atoms with Gasteiger partial charge in [-0.05, 0) is 18.1 Å². The zero-order valence-corrected chi connectivity index (χ0v) is 8.28. The molecule has 74 valence electrons. The fourth-order valence-corrected chi connectivity index (χ4v) is 1.25. The van der Waals surface area contributed by atoms with Crippen LogP contribution in [0.1, 0.15) is 11.1 Å². The van der Waals surface area contributed by atoms with E-state index in [4.69, 9.17) is 5.73 Å². The minimum absolute atomic E-state index is 0.394. The van der Waals surface area contributed by atoms with E-state index in [1.807, 2.05) is 31.2 Å². The van der Waals surface area contributed by atoms with E-state index >= 15 is 0 Å². The summed E-state index contributed by atoms with van der Waals surface area (Å²) in [5, 5.41) is 0. The summed E-state index contributed by atoms with van der Waals surface area (Å²) in [5.74, 6) is -0.415. The molecule has 1 aromatic rings. The second kappa shape index (κ2) is 4.46. The zero-order valence-electron chi connectivity index (χ0n) is 8.28. The van der Waals surface area contributed by atoms with Crippen LogP contribution in [0.5, 0.6) is 0 Å². The molecule has 0 heterocycles. The van der Waals surface area contributed by atoms with Crippen molar-refractivity contribution in [1.29, 1.82) is 0 Å². The van der Waals surface area contributed by atoms with Gasteiger partial charge in [-0.1, -0.05) is 24.3 Å².